The van der Waals surface area contributed by atoms with E-state index in [1.165, 1.54) is 13.4 Å². The maximum absolute atomic E-state index is 14.1. The Labute approximate surface area is 188 Å². The molecule has 0 unspecified atom stereocenters. The summed E-state index contributed by atoms with van der Waals surface area (Å²) in [4.78, 5) is 17.3. The number of halogens is 3. The summed E-state index contributed by atoms with van der Waals surface area (Å²) in [5, 5.41) is 0. The largest absolute Gasteiger partial charge is 0.469 e. The van der Waals surface area contributed by atoms with Crippen LogP contribution in [0.15, 0.2) is 66.2 Å². The van der Waals surface area contributed by atoms with E-state index in [0.717, 1.165) is 5.56 Å². The third kappa shape index (κ3) is 4.90. The minimum atomic E-state index is -0.979. The van der Waals surface area contributed by atoms with E-state index in [4.69, 9.17) is 4.74 Å². The molecule has 0 atom stereocenters. The van der Waals surface area contributed by atoms with Gasteiger partial charge in [0.25, 0.3) is 0 Å². The maximum atomic E-state index is 14.1. The summed E-state index contributed by atoms with van der Waals surface area (Å²) in [7, 11) is 1.33. The molecule has 0 aliphatic carbocycles. The summed E-state index contributed by atoms with van der Waals surface area (Å²) in [6, 6.07) is 13.5. The van der Waals surface area contributed by atoms with Crippen molar-refractivity contribution >= 4 is 23.7 Å². The monoisotopic (exact) mass is 452 g/mol. The Bertz CT molecular complexity index is 1250. The lowest BCUT2D eigenvalue weighted by Crippen LogP contribution is -2.25. The topological polar surface area (TPSA) is 51.1 Å². The SMILES string of the molecule is C=C1N=CN(Cc2c(F)cc(F)cc2F)c2ccc(Oc3cccc(CC(=O)OC)c3)cc21. The lowest BCUT2D eigenvalue weighted by Gasteiger charge is -2.27. The molecule has 0 amide bonds. The molecule has 0 saturated carbocycles. The first-order chi connectivity index (χ1) is 15.8. The molecule has 0 radical (unpaired) electrons. The van der Waals surface area contributed by atoms with Crippen LogP contribution in [0.4, 0.5) is 18.9 Å². The van der Waals surface area contributed by atoms with Crippen LogP contribution in [-0.2, 0) is 22.5 Å². The predicted octanol–water partition coefficient (Wildman–Crippen LogP) is 5.63. The zero-order valence-corrected chi connectivity index (χ0v) is 17.6. The Morgan fingerprint density at radius 1 is 1.03 bits per heavy atom. The third-order valence-electron chi connectivity index (χ3n) is 5.09. The predicted molar refractivity (Wildman–Crippen MR) is 119 cm³/mol. The number of benzene rings is 3. The summed E-state index contributed by atoms with van der Waals surface area (Å²) >= 11 is 0. The number of carbonyl (C=O) groups excluding carboxylic acids is 1. The molecule has 3 aromatic carbocycles. The molecule has 5 nitrogen and oxygen atoms in total. The Morgan fingerprint density at radius 3 is 2.48 bits per heavy atom. The van der Waals surface area contributed by atoms with Gasteiger partial charge in [-0.1, -0.05) is 18.7 Å². The van der Waals surface area contributed by atoms with Crippen molar-refractivity contribution in [3.05, 3.63) is 95.3 Å². The molecule has 1 heterocycles. The Hall–Kier alpha value is -4.07. The van der Waals surface area contributed by atoms with Crippen LogP contribution in [0.25, 0.3) is 5.70 Å². The molecule has 33 heavy (non-hydrogen) atoms. The average molecular weight is 452 g/mol. The summed E-state index contributed by atoms with van der Waals surface area (Å²) in [5.41, 5.74) is 2.14. The zero-order chi connectivity index (χ0) is 23.5. The second-order valence-electron chi connectivity index (χ2n) is 7.35. The van der Waals surface area contributed by atoms with Gasteiger partial charge in [0, 0.05) is 23.3 Å². The fourth-order valence-corrected chi connectivity index (χ4v) is 3.44. The van der Waals surface area contributed by atoms with E-state index in [1.54, 1.807) is 47.4 Å². The van der Waals surface area contributed by atoms with Crippen LogP contribution < -0.4 is 9.64 Å². The number of carbonyl (C=O) groups is 1. The van der Waals surface area contributed by atoms with Gasteiger partial charge in [-0.25, -0.2) is 18.2 Å². The van der Waals surface area contributed by atoms with Gasteiger partial charge in [0.2, 0.25) is 0 Å². The number of fused-ring (bicyclic) bond motifs is 1. The highest BCUT2D eigenvalue weighted by molar-refractivity contribution is 5.94. The molecule has 0 saturated heterocycles. The van der Waals surface area contributed by atoms with Crippen molar-refractivity contribution in [2.45, 2.75) is 13.0 Å². The number of rotatable bonds is 6. The van der Waals surface area contributed by atoms with E-state index >= 15 is 0 Å². The molecule has 0 bridgehead atoms. The Kier molecular flexibility index (Phi) is 6.17. The molecule has 8 heteroatoms. The number of ether oxygens (including phenoxy) is 2. The van der Waals surface area contributed by atoms with Crippen molar-refractivity contribution in [1.82, 2.24) is 0 Å². The van der Waals surface area contributed by atoms with Crippen LogP contribution in [0, 0.1) is 17.5 Å². The van der Waals surface area contributed by atoms with Gasteiger partial charge in [-0.3, -0.25) is 4.79 Å². The molecule has 168 valence electrons. The van der Waals surface area contributed by atoms with Crippen molar-refractivity contribution in [1.29, 1.82) is 0 Å². The molecule has 1 aliphatic rings. The lowest BCUT2D eigenvalue weighted by molar-refractivity contribution is -0.139. The first kappa shape index (κ1) is 22.1. The number of aliphatic imine (C=N–C) groups is 1. The van der Waals surface area contributed by atoms with Gasteiger partial charge in [-0.05, 0) is 35.9 Å². The summed E-state index contributed by atoms with van der Waals surface area (Å²) < 4.78 is 52.1. The Balaban J connectivity index is 1.58. The first-order valence-electron chi connectivity index (χ1n) is 9.95. The van der Waals surface area contributed by atoms with E-state index in [0.29, 0.717) is 40.6 Å². The summed E-state index contributed by atoms with van der Waals surface area (Å²) in [5.74, 6) is -2.27. The highest BCUT2D eigenvalue weighted by Gasteiger charge is 2.21. The van der Waals surface area contributed by atoms with Gasteiger partial charge in [-0.2, -0.15) is 0 Å². The van der Waals surface area contributed by atoms with Gasteiger partial charge in [0.05, 0.1) is 37.8 Å². The molecular formula is C25H19F3N2O3. The van der Waals surface area contributed by atoms with Gasteiger partial charge >= 0.3 is 5.97 Å². The third-order valence-corrected chi connectivity index (χ3v) is 5.09. The van der Waals surface area contributed by atoms with Gasteiger partial charge in [0.1, 0.15) is 29.0 Å². The van der Waals surface area contributed by atoms with E-state index in [1.807, 2.05) is 0 Å². The van der Waals surface area contributed by atoms with Crippen LogP contribution in [0.5, 0.6) is 11.5 Å². The zero-order valence-electron chi connectivity index (χ0n) is 17.6. The van der Waals surface area contributed by atoms with Crippen molar-refractivity contribution in [3.8, 4) is 11.5 Å². The van der Waals surface area contributed by atoms with E-state index < -0.39 is 17.5 Å². The quantitative estimate of drug-likeness (QED) is 0.455. The summed E-state index contributed by atoms with van der Waals surface area (Å²) in [6.45, 7) is 3.74. The highest BCUT2D eigenvalue weighted by atomic mass is 19.1. The van der Waals surface area contributed by atoms with Crippen LogP contribution in [0.1, 0.15) is 16.7 Å². The first-order valence-corrected chi connectivity index (χ1v) is 9.95. The van der Waals surface area contributed by atoms with Gasteiger partial charge < -0.3 is 14.4 Å². The standard InChI is InChI=1S/C25H19F3N2O3/c1-15-20-12-19(33-18-5-3-4-16(8-18)9-25(31)32-2)6-7-24(20)30(14-29-15)13-21-22(27)10-17(26)11-23(21)28/h3-8,10-12,14H,1,9,13H2,2H3. The normalized spacial score (nSPS) is 12.5. The van der Waals surface area contributed by atoms with Gasteiger partial charge in [-0.15, -0.1) is 0 Å². The van der Waals surface area contributed by atoms with Crippen LogP contribution in [0.3, 0.4) is 0 Å². The van der Waals surface area contributed by atoms with Crippen LogP contribution in [-0.4, -0.2) is 19.4 Å². The minimum absolute atomic E-state index is 0.120. The summed E-state index contributed by atoms with van der Waals surface area (Å²) in [6.07, 6.45) is 1.54. The van der Waals surface area contributed by atoms with E-state index in [2.05, 4.69) is 16.3 Å². The molecular weight excluding hydrogens is 433 g/mol. The molecule has 0 spiro atoms. The number of hydrogen-bond donors (Lipinski definition) is 0. The fraction of sp³-hybridized carbons (Fsp3) is 0.120. The van der Waals surface area contributed by atoms with Crippen molar-refractivity contribution < 1.29 is 27.4 Å². The maximum Gasteiger partial charge on any atom is 0.309 e. The minimum Gasteiger partial charge on any atom is -0.469 e. The second-order valence-corrected chi connectivity index (χ2v) is 7.35. The van der Waals surface area contributed by atoms with Gasteiger partial charge in [0.15, 0.2) is 0 Å². The number of hydrogen-bond acceptors (Lipinski definition) is 5. The average Bonchev–Trinajstić information content (AvgIpc) is 2.78. The fourth-order valence-electron chi connectivity index (χ4n) is 3.44. The van der Waals surface area contributed by atoms with Crippen molar-refractivity contribution in [3.63, 3.8) is 0 Å². The van der Waals surface area contributed by atoms with Crippen LogP contribution >= 0.6 is 0 Å². The molecule has 0 N–H and O–H groups in total. The number of anilines is 1. The molecule has 3 aromatic rings. The second kappa shape index (κ2) is 9.20. The molecule has 4 rings (SSSR count). The van der Waals surface area contributed by atoms with E-state index in [-0.39, 0.29) is 24.5 Å². The Morgan fingerprint density at radius 2 is 1.76 bits per heavy atom. The highest BCUT2D eigenvalue weighted by Crippen LogP contribution is 2.36. The molecule has 0 fully saturated rings. The smallest absolute Gasteiger partial charge is 0.309 e. The number of methoxy groups -OCH3 is 1. The molecule has 1 aliphatic heterocycles. The van der Waals surface area contributed by atoms with Crippen LogP contribution in [0.2, 0.25) is 0 Å². The number of esters is 1. The van der Waals surface area contributed by atoms with Crippen molar-refractivity contribution in [2.75, 3.05) is 12.0 Å². The van der Waals surface area contributed by atoms with Crippen molar-refractivity contribution in [2.24, 2.45) is 4.99 Å². The lowest BCUT2D eigenvalue weighted by atomic mass is 10.1. The van der Waals surface area contributed by atoms with E-state index in [9.17, 15) is 18.0 Å². The number of nitrogens with zero attached hydrogens (tertiary/aromatic N) is 2. The molecule has 0 aromatic heterocycles.